The first-order chi connectivity index (χ1) is 8.70. The first-order valence-electron chi connectivity index (χ1n) is 7.37. The Morgan fingerprint density at radius 3 is 2.78 bits per heavy atom. The van der Waals surface area contributed by atoms with Crippen molar-refractivity contribution in [1.29, 1.82) is 0 Å². The second-order valence-electron chi connectivity index (χ2n) is 5.84. The molecule has 1 N–H and O–H groups in total. The van der Waals surface area contributed by atoms with Crippen molar-refractivity contribution in [3.05, 3.63) is 0 Å². The maximum Gasteiger partial charge on any atom is 0.0936 e. The summed E-state index contributed by atoms with van der Waals surface area (Å²) < 4.78 is 11.3. The van der Waals surface area contributed by atoms with E-state index < -0.39 is 0 Å². The summed E-state index contributed by atoms with van der Waals surface area (Å²) in [5.74, 6) is 0.689. The van der Waals surface area contributed by atoms with Crippen molar-refractivity contribution in [2.24, 2.45) is 5.92 Å². The Kier molecular flexibility index (Phi) is 5.42. The van der Waals surface area contributed by atoms with Crippen LogP contribution >= 0.6 is 0 Å². The number of nitrogens with zero attached hydrogens (tertiary/aromatic N) is 1. The number of ether oxygens (including phenoxy) is 2. The molecule has 3 unspecified atom stereocenters. The fourth-order valence-electron chi connectivity index (χ4n) is 2.86. The lowest BCUT2D eigenvalue weighted by atomic mass is 9.98. The van der Waals surface area contributed by atoms with Gasteiger partial charge in [0.05, 0.1) is 25.9 Å². The minimum absolute atomic E-state index is 0.263. The molecule has 2 aliphatic heterocycles. The highest BCUT2D eigenvalue weighted by Gasteiger charge is 2.30. The molecule has 0 aromatic rings. The third kappa shape index (κ3) is 3.67. The molecule has 2 heterocycles. The topological polar surface area (TPSA) is 33.7 Å². The molecule has 2 rings (SSSR count). The molecule has 0 spiro atoms. The standard InChI is InChI=1S/C14H28N2O2/c1-4-12-7-15-14(11(2)3)9-16(12)8-13-10-17-5-6-18-13/h11-15H,4-10H2,1-3H3. The average Bonchev–Trinajstić information content (AvgIpc) is 2.39. The van der Waals surface area contributed by atoms with Crippen molar-refractivity contribution in [3.63, 3.8) is 0 Å². The Morgan fingerprint density at radius 1 is 1.33 bits per heavy atom. The third-order valence-electron chi connectivity index (χ3n) is 4.16. The molecule has 0 aromatic heterocycles. The first-order valence-corrected chi connectivity index (χ1v) is 7.37. The van der Waals surface area contributed by atoms with E-state index in [1.54, 1.807) is 0 Å². The van der Waals surface area contributed by atoms with Crippen LogP contribution in [0.1, 0.15) is 27.2 Å². The molecule has 2 saturated heterocycles. The van der Waals surface area contributed by atoms with Crippen LogP contribution in [0.15, 0.2) is 0 Å². The van der Waals surface area contributed by atoms with E-state index in [1.165, 1.54) is 6.42 Å². The second kappa shape index (κ2) is 6.85. The smallest absolute Gasteiger partial charge is 0.0936 e. The van der Waals surface area contributed by atoms with Gasteiger partial charge in [-0.15, -0.1) is 0 Å². The summed E-state index contributed by atoms with van der Waals surface area (Å²) in [5.41, 5.74) is 0. The van der Waals surface area contributed by atoms with E-state index in [9.17, 15) is 0 Å². The molecule has 0 bridgehead atoms. The second-order valence-corrected chi connectivity index (χ2v) is 5.84. The molecule has 0 aromatic carbocycles. The molecule has 0 aliphatic carbocycles. The highest BCUT2D eigenvalue weighted by Crippen LogP contribution is 2.16. The van der Waals surface area contributed by atoms with Crippen LogP contribution in [0.5, 0.6) is 0 Å². The maximum absolute atomic E-state index is 5.78. The van der Waals surface area contributed by atoms with Gasteiger partial charge >= 0.3 is 0 Å². The van der Waals surface area contributed by atoms with Crippen molar-refractivity contribution < 1.29 is 9.47 Å². The Labute approximate surface area is 111 Å². The molecule has 4 heteroatoms. The van der Waals surface area contributed by atoms with Crippen LogP contribution in [-0.2, 0) is 9.47 Å². The molecule has 0 amide bonds. The molecular formula is C14H28N2O2. The van der Waals surface area contributed by atoms with Gasteiger partial charge in [0, 0.05) is 31.7 Å². The molecule has 2 aliphatic rings. The summed E-state index contributed by atoms with van der Waals surface area (Å²) in [5, 5.41) is 3.67. The van der Waals surface area contributed by atoms with Crippen LogP contribution in [-0.4, -0.2) is 62.5 Å². The zero-order chi connectivity index (χ0) is 13.0. The summed E-state index contributed by atoms with van der Waals surface area (Å²) >= 11 is 0. The number of hydrogen-bond donors (Lipinski definition) is 1. The fraction of sp³-hybridized carbons (Fsp3) is 1.00. The van der Waals surface area contributed by atoms with Crippen LogP contribution in [0.3, 0.4) is 0 Å². The van der Waals surface area contributed by atoms with Crippen LogP contribution in [0.4, 0.5) is 0 Å². The molecule has 106 valence electrons. The number of nitrogens with one attached hydrogen (secondary N) is 1. The average molecular weight is 256 g/mol. The van der Waals surface area contributed by atoms with Gasteiger partial charge in [-0.2, -0.15) is 0 Å². The number of hydrogen-bond acceptors (Lipinski definition) is 4. The zero-order valence-corrected chi connectivity index (χ0v) is 12.0. The van der Waals surface area contributed by atoms with E-state index in [2.05, 4.69) is 31.0 Å². The van der Waals surface area contributed by atoms with E-state index in [0.717, 1.165) is 39.5 Å². The van der Waals surface area contributed by atoms with Gasteiger partial charge in [-0.3, -0.25) is 4.90 Å². The van der Waals surface area contributed by atoms with Crippen LogP contribution in [0.2, 0.25) is 0 Å². The van der Waals surface area contributed by atoms with Crippen molar-refractivity contribution in [2.75, 3.05) is 39.5 Å². The van der Waals surface area contributed by atoms with Gasteiger partial charge in [0.1, 0.15) is 0 Å². The van der Waals surface area contributed by atoms with E-state index in [-0.39, 0.29) is 6.10 Å². The largest absolute Gasteiger partial charge is 0.376 e. The fourth-order valence-corrected chi connectivity index (χ4v) is 2.86. The van der Waals surface area contributed by atoms with Crippen molar-refractivity contribution in [2.45, 2.75) is 45.4 Å². The van der Waals surface area contributed by atoms with Gasteiger partial charge in [0.15, 0.2) is 0 Å². The third-order valence-corrected chi connectivity index (χ3v) is 4.16. The molecule has 3 atom stereocenters. The van der Waals surface area contributed by atoms with Crippen molar-refractivity contribution >= 4 is 0 Å². The predicted molar refractivity (Wildman–Crippen MR) is 72.8 cm³/mol. The van der Waals surface area contributed by atoms with E-state index in [0.29, 0.717) is 18.0 Å². The molecule has 0 radical (unpaired) electrons. The van der Waals surface area contributed by atoms with Crippen molar-refractivity contribution in [1.82, 2.24) is 10.2 Å². The van der Waals surface area contributed by atoms with Gasteiger partial charge in [-0.25, -0.2) is 0 Å². The van der Waals surface area contributed by atoms with Gasteiger partial charge in [-0.05, 0) is 12.3 Å². The monoisotopic (exact) mass is 256 g/mol. The summed E-state index contributed by atoms with van der Waals surface area (Å²) in [6, 6.07) is 1.25. The first kappa shape index (κ1) is 14.3. The van der Waals surface area contributed by atoms with E-state index in [1.807, 2.05) is 0 Å². The Hall–Kier alpha value is -0.160. The molecule has 0 saturated carbocycles. The van der Waals surface area contributed by atoms with Gasteiger partial charge in [0.25, 0.3) is 0 Å². The quantitative estimate of drug-likeness (QED) is 0.817. The summed E-state index contributed by atoms with van der Waals surface area (Å²) in [7, 11) is 0. The van der Waals surface area contributed by atoms with Gasteiger partial charge in [0.2, 0.25) is 0 Å². The predicted octanol–water partition coefficient (Wildman–Crippen LogP) is 1.11. The van der Waals surface area contributed by atoms with E-state index in [4.69, 9.17) is 9.47 Å². The Morgan fingerprint density at radius 2 is 2.17 bits per heavy atom. The molecule has 18 heavy (non-hydrogen) atoms. The normalized spacial score (nSPS) is 35.0. The highest BCUT2D eigenvalue weighted by molar-refractivity contribution is 4.88. The zero-order valence-electron chi connectivity index (χ0n) is 12.0. The summed E-state index contributed by atoms with van der Waals surface area (Å²) in [6.45, 7) is 12.4. The van der Waals surface area contributed by atoms with Crippen LogP contribution in [0.25, 0.3) is 0 Å². The Balaban J connectivity index is 1.88. The van der Waals surface area contributed by atoms with Crippen molar-refractivity contribution in [3.8, 4) is 0 Å². The minimum atomic E-state index is 0.263. The van der Waals surface area contributed by atoms with Gasteiger partial charge in [-0.1, -0.05) is 20.8 Å². The van der Waals surface area contributed by atoms with Gasteiger partial charge < -0.3 is 14.8 Å². The minimum Gasteiger partial charge on any atom is -0.376 e. The lowest BCUT2D eigenvalue weighted by molar-refractivity contribution is -0.104. The van der Waals surface area contributed by atoms with Crippen LogP contribution < -0.4 is 5.32 Å². The molecular weight excluding hydrogens is 228 g/mol. The Bertz CT molecular complexity index is 242. The number of piperazine rings is 1. The number of rotatable bonds is 4. The maximum atomic E-state index is 5.78. The summed E-state index contributed by atoms with van der Waals surface area (Å²) in [4.78, 5) is 2.60. The summed E-state index contributed by atoms with van der Waals surface area (Å²) in [6.07, 6.45) is 1.46. The highest BCUT2D eigenvalue weighted by atomic mass is 16.6. The molecule has 4 nitrogen and oxygen atoms in total. The lowest BCUT2D eigenvalue weighted by Crippen LogP contribution is -2.59. The molecule has 2 fully saturated rings. The SMILES string of the molecule is CCC1CNC(C(C)C)CN1CC1COCCO1. The van der Waals surface area contributed by atoms with E-state index >= 15 is 0 Å². The van der Waals surface area contributed by atoms with Crippen LogP contribution in [0, 0.1) is 5.92 Å². The lowest BCUT2D eigenvalue weighted by Gasteiger charge is -2.43.